The summed E-state index contributed by atoms with van der Waals surface area (Å²) in [4.78, 5) is 11.8. The smallest absolute Gasteiger partial charge is 0.262 e. The molecule has 0 heterocycles. The number of halogens is 3. The van der Waals surface area contributed by atoms with Crippen molar-refractivity contribution in [2.45, 2.75) is 6.92 Å². The molecule has 6 heteroatoms. The molecule has 0 aliphatic heterocycles. The second-order valence-corrected chi connectivity index (χ2v) is 5.60. The van der Waals surface area contributed by atoms with E-state index in [1.54, 1.807) is 36.4 Å². The zero-order valence-electron chi connectivity index (χ0n) is 11.1. The van der Waals surface area contributed by atoms with E-state index in [-0.39, 0.29) is 12.5 Å². The van der Waals surface area contributed by atoms with Crippen LogP contribution in [0.3, 0.4) is 0 Å². The lowest BCUT2D eigenvalue weighted by atomic mass is 10.2. The quantitative estimate of drug-likeness (QED) is 0.850. The molecule has 0 radical (unpaired) electrons. The summed E-state index contributed by atoms with van der Waals surface area (Å²) in [6.45, 7) is 1.76. The second-order valence-electron chi connectivity index (χ2n) is 4.38. The van der Waals surface area contributed by atoms with Gasteiger partial charge in [0, 0.05) is 10.7 Å². The summed E-state index contributed by atoms with van der Waals surface area (Å²) < 4.78 is 5.40. The monoisotopic (exact) mass is 343 g/mol. The Kier molecular flexibility index (Phi) is 5.34. The second kappa shape index (κ2) is 7.03. The Balaban J connectivity index is 1.92. The van der Waals surface area contributed by atoms with Crippen molar-refractivity contribution in [3.05, 3.63) is 57.0 Å². The fourth-order valence-electron chi connectivity index (χ4n) is 1.63. The summed E-state index contributed by atoms with van der Waals surface area (Å²) in [6.07, 6.45) is 0. The predicted octanol–water partition coefficient (Wildman–Crippen LogP) is 4.97. The van der Waals surface area contributed by atoms with Gasteiger partial charge in [-0.3, -0.25) is 4.79 Å². The summed E-state index contributed by atoms with van der Waals surface area (Å²) >= 11 is 17.6. The lowest BCUT2D eigenvalue weighted by Gasteiger charge is -2.09. The average Bonchev–Trinajstić information content (AvgIpc) is 2.44. The highest BCUT2D eigenvalue weighted by molar-refractivity contribution is 6.42. The van der Waals surface area contributed by atoms with Crippen molar-refractivity contribution < 1.29 is 9.53 Å². The Labute approximate surface area is 137 Å². The third kappa shape index (κ3) is 4.53. The molecule has 0 saturated heterocycles. The van der Waals surface area contributed by atoms with Crippen LogP contribution in [-0.4, -0.2) is 12.5 Å². The van der Waals surface area contributed by atoms with E-state index >= 15 is 0 Å². The molecule has 0 aromatic heterocycles. The average molecular weight is 345 g/mol. The van der Waals surface area contributed by atoms with Gasteiger partial charge in [-0.2, -0.15) is 0 Å². The number of ether oxygens (including phenoxy) is 1. The zero-order chi connectivity index (χ0) is 15.4. The van der Waals surface area contributed by atoms with Crippen LogP contribution in [0.1, 0.15) is 5.56 Å². The van der Waals surface area contributed by atoms with E-state index in [0.29, 0.717) is 26.5 Å². The molecule has 0 fully saturated rings. The Morgan fingerprint density at radius 1 is 1.05 bits per heavy atom. The number of carbonyl (C=O) groups excluding carboxylic acids is 1. The molecule has 1 N–H and O–H groups in total. The van der Waals surface area contributed by atoms with Crippen molar-refractivity contribution in [2.75, 3.05) is 11.9 Å². The van der Waals surface area contributed by atoms with Crippen LogP contribution in [0.2, 0.25) is 15.1 Å². The summed E-state index contributed by atoms with van der Waals surface area (Å²) in [5.74, 6) is 0.294. The normalized spacial score (nSPS) is 10.3. The third-order valence-corrected chi connectivity index (χ3v) is 3.87. The van der Waals surface area contributed by atoms with E-state index in [0.717, 1.165) is 5.56 Å². The first-order chi connectivity index (χ1) is 9.95. The van der Waals surface area contributed by atoms with Gasteiger partial charge < -0.3 is 10.1 Å². The lowest BCUT2D eigenvalue weighted by Crippen LogP contribution is -2.20. The topological polar surface area (TPSA) is 38.3 Å². The van der Waals surface area contributed by atoms with Gasteiger partial charge >= 0.3 is 0 Å². The van der Waals surface area contributed by atoms with Gasteiger partial charge in [0.25, 0.3) is 5.91 Å². The fourth-order valence-corrected chi connectivity index (χ4v) is 2.04. The van der Waals surface area contributed by atoms with Gasteiger partial charge in [0.15, 0.2) is 6.61 Å². The number of nitrogens with one attached hydrogen (secondary N) is 1. The summed E-state index contributed by atoms with van der Waals surface area (Å²) in [6, 6.07) is 10.1. The van der Waals surface area contributed by atoms with Crippen LogP contribution in [0.25, 0.3) is 0 Å². The molecule has 0 unspecified atom stereocenters. The maximum atomic E-state index is 11.8. The van der Waals surface area contributed by atoms with Crippen LogP contribution in [-0.2, 0) is 4.79 Å². The van der Waals surface area contributed by atoms with E-state index in [1.807, 2.05) is 6.92 Å². The van der Waals surface area contributed by atoms with Gasteiger partial charge in [0.1, 0.15) is 5.75 Å². The van der Waals surface area contributed by atoms with Crippen molar-refractivity contribution in [3.8, 4) is 5.75 Å². The van der Waals surface area contributed by atoms with Crippen molar-refractivity contribution in [2.24, 2.45) is 0 Å². The van der Waals surface area contributed by atoms with Gasteiger partial charge in [-0.05, 0) is 48.9 Å². The summed E-state index contributed by atoms with van der Waals surface area (Å²) in [5, 5.41) is 4.14. The van der Waals surface area contributed by atoms with Crippen LogP contribution >= 0.6 is 34.8 Å². The van der Waals surface area contributed by atoms with Gasteiger partial charge in [-0.15, -0.1) is 0 Å². The van der Waals surface area contributed by atoms with Crippen LogP contribution in [0.4, 0.5) is 5.69 Å². The van der Waals surface area contributed by atoms with Crippen molar-refractivity contribution >= 4 is 46.4 Å². The maximum absolute atomic E-state index is 11.8. The molecule has 3 nitrogen and oxygen atoms in total. The van der Waals surface area contributed by atoms with E-state index in [9.17, 15) is 4.79 Å². The minimum atomic E-state index is -0.291. The Hall–Kier alpha value is -1.42. The number of aryl methyl sites for hydroxylation is 1. The number of hydrogen-bond acceptors (Lipinski definition) is 2. The van der Waals surface area contributed by atoms with Gasteiger partial charge in [0.05, 0.1) is 10.0 Å². The molecule has 0 aliphatic rings. The minimum Gasteiger partial charge on any atom is -0.484 e. The highest BCUT2D eigenvalue weighted by Gasteiger charge is 2.06. The fraction of sp³-hybridized carbons (Fsp3) is 0.133. The molecule has 21 heavy (non-hydrogen) atoms. The SMILES string of the molecule is Cc1cc(OCC(=O)Nc2ccc(Cl)c(Cl)c2)ccc1Cl. The number of rotatable bonds is 4. The molecule has 2 rings (SSSR count). The van der Waals surface area contributed by atoms with Crippen molar-refractivity contribution in [1.29, 1.82) is 0 Å². The Bertz CT molecular complexity index is 674. The first kappa shape index (κ1) is 16.0. The largest absolute Gasteiger partial charge is 0.484 e. The highest BCUT2D eigenvalue weighted by atomic mass is 35.5. The van der Waals surface area contributed by atoms with E-state index < -0.39 is 0 Å². The van der Waals surface area contributed by atoms with E-state index in [4.69, 9.17) is 39.5 Å². The van der Waals surface area contributed by atoms with E-state index in [1.165, 1.54) is 0 Å². The number of amides is 1. The highest BCUT2D eigenvalue weighted by Crippen LogP contribution is 2.25. The molecular weight excluding hydrogens is 333 g/mol. The first-order valence-corrected chi connectivity index (χ1v) is 7.23. The van der Waals surface area contributed by atoms with Gasteiger partial charge in [-0.1, -0.05) is 34.8 Å². The van der Waals surface area contributed by atoms with Crippen molar-refractivity contribution in [3.63, 3.8) is 0 Å². The molecule has 0 bridgehead atoms. The Morgan fingerprint density at radius 3 is 2.43 bits per heavy atom. The van der Waals surface area contributed by atoms with Crippen molar-refractivity contribution in [1.82, 2.24) is 0 Å². The molecule has 1 amide bonds. The van der Waals surface area contributed by atoms with Crippen LogP contribution in [0.15, 0.2) is 36.4 Å². The molecule has 0 aliphatic carbocycles. The molecule has 0 spiro atoms. The van der Waals surface area contributed by atoms with Crippen LogP contribution in [0, 0.1) is 6.92 Å². The van der Waals surface area contributed by atoms with Gasteiger partial charge in [0.2, 0.25) is 0 Å². The molecule has 0 saturated carbocycles. The minimum absolute atomic E-state index is 0.110. The summed E-state index contributed by atoms with van der Waals surface area (Å²) in [7, 11) is 0. The molecule has 2 aromatic carbocycles. The van der Waals surface area contributed by atoms with Crippen LogP contribution < -0.4 is 10.1 Å². The Morgan fingerprint density at radius 2 is 1.76 bits per heavy atom. The van der Waals surface area contributed by atoms with Crippen LogP contribution in [0.5, 0.6) is 5.75 Å². The number of carbonyl (C=O) groups is 1. The molecule has 110 valence electrons. The summed E-state index contributed by atoms with van der Waals surface area (Å²) in [5.41, 5.74) is 1.45. The molecule has 2 aromatic rings. The standard InChI is InChI=1S/C15H12Cl3NO2/c1-9-6-11(3-5-12(9)16)21-8-15(20)19-10-2-4-13(17)14(18)7-10/h2-7H,8H2,1H3,(H,19,20). The third-order valence-electron chi connectivity index (χ3n) is 2.70. The van der Waals surface area contributed by atoms with E-state index in [2.05, 4.69) is 5.32 Å². The predicted molar refractivity (Wildman–Crippen MR) is 86.8 cm³/mol. The molecular formula is C15H12Cl3NO2. The zero-order valence-corrected chi connectivity index (χ0v) is 13.4. The molecule has 0 atom stereocenters. The number of benzene rings is 2. The number of hydrogen-bond donors (Lipinski definition) is 1. The van der Waals surface area contributed by atoms with Gasteiger partial charge in [-0.25, -0.2) is 0 Å². The number of anilines is 1. The first-order valence-electron chi connectivity index (χ1n) is 6.09. The maximum Gasteiger partial charge on any atom is 0.262 e. The lowest BCUT2D eigenvalue weighted by molar-refractivity contribution is -0.118.